The first kappa shape index (κ1) is 15.4. The maximum absolute atomic E-state index is 11.4. The lowest BCUT2D eigenvalue weighted by Crippen LogP contribution is -2.18. The second kappa shape index (κ2) is 6.62. The van der Waals surface area contributed by atoms with Crippen molar-refractivity contribution in [3.63, 3.8) is 0 Å². The minimum Gasteiger partial charge on any atom is -0.494 e. The molecule has 1 aliphatic heterocycles. The molecule has 1 heterocycles. The Morgan fingerprint density at radius 3 is 2.90 bits per heavy atom. The van der Waals surface area contributed by atoms with E-state index in [1.807, 2.05) is 32.0 Å². The molecule has 1 aromatic rings. The van der Waals surface area contributed by atoms with Gasteiger partial charge in [-0.3, -0.25) is 4.79 Å². The van der Waals surface area contributed by atoms with Crippen molar-refractivity contribution in [2.75, 3.05) is 11.9 Å². The first-order valence-electron chi connectivity index (χ1n) is 7.47. The molecule has 1 N–H and O–H groups in total. The van der Waals surface area contributed by atoms with Gasteiger partial charge in [0, 0.05) is 18.2 Å². The summed E-state index contributed by atoms with van der Waals surface area (Å²) in [5.41, 5.74) is 1.78. The number of aryl methyl sites for hydroxylation is 1. The van der Waals surface area contributed by atoms with Crippen LogP contribution in [0.4, 0.5) is 5.69 Å². The molecule has 0 saturated heterocycles. The number of nitriles is 1. The Hall–Kier alpha value is -2.02. The van der Waals surface area contributed by atoms with E-state index in [1.54, 1.807) is 0 Å². The molecule has 1 aromatic carbocycles. The summed E-state index contributed by atoms with van der Waals surface area (Å²) in [5.74, 6) is 0.855. The van der Waals surface area contributed by atoms with Gasteiger partial charge >= 0.3 is 0 Å². The third-order valence-electron chi connectivity index (χ3n) is 3.74. The summed E-state index contributed by atoms with van der Waals surface area (Å²) in [7, 11) is 0. The third kappa shape index (κ3) is 4.49. The highest BCUT2D eigenvalue weighted by atomic mass is 16.5. The van der Waals surface area contributed by atoms with Crippen LogP contribution in [0.5, 0.6) is 5.75 Å². The van der Waals surface area contributed by atoms with Gasteiger partial charge < -0.3 is 10.1 Å². The van der Waals surface area contributed by atoms with Crippen LogP contribution in [-0.4, -0.2) is 12.5 Å². The fourth-order valence-electron chi connectivity index (χ4n) is 2.36. The zero-order valence-corrected chi connectivity index (χ0v) is 12.7. The van der Waals surface area contributed by atoms with E-state index in [0.717, 1.165) is 42.7 Å². The van der Waals surface area contributed by atoms with Crippen LogP contribution < -0.4 is 10.1 Å². The number of ether oxygens (including phenoxy) is 1. The molecular weight excluding hydrogens is 264 g/mol. The topological polar surface area (TPSA) is 62.1 Å². The maximum atomic E-state index is 11.4. The normalized spacial score (nSPS) is 14.0. The van der Waals surface area contributed by atoms with Gasteiger partial charge in [0.1, 0.15) is 5.75 Å². The molecule has 2 rings (SSSR count). The van der Waals surface area contributed by atoms with Gasteiger partial charge in [0.15, 0.2) is 0 Å². The van der Waals surface area contributed by atoms with Gasteiger partial charge in [0.2, 0.25) is 5.91 Å². The summed E-state index contributed by atoms with van der Waals surface area (Å²) >= 11 is 0. The van der Waals surface area contributed by atoms with Gasteiger partial charge in [0.05, 0.1) is 18.1 Å². The molecule has 1 aliphatic rings. The lowest BCUT2D eigenvalue weighted by molar-refractivity contribution is -0.116. The highest BCUT2D eigenvalue weighted by molar-refractivity contribution is 5.94. The molecule has 21 heavy (non-hydrogen) atoms. The Labute approximate surface area is 126 Å². The summed E-state index contributed by atoms with van der Waals surface area (Å²) in [6.07, 6.45) is 4.14. The number of hydrogen-bond acceptors (Lipinski definition) is 3. The molecule has 0 fully saturated rings. The lowest BCUT2D eigenvalue weighted by Gasteiger charge is -2.18. The van der Waals surface area contributed by atoms with Crippen LogP contribution in [0.25, 0.3) is 0 Å². The molecule has 0 atom stereocenters. The van der Waals surface area contributed by atoms with E-state index in [2.05, 4.69) is 11.4 Å². The van der Waals surface area contributed by atoms with Gasteiger partial charge in [-0.15, -0.1) is 0 Å². The molecule has 0 unspecified atom stereocenters. The van der Waals surface area contributed by atoms with Gasteiger partial charge in [0.25, 0.3) is 0 Å². The smallest absolute Gasteiger partial charge is 0.224 e. The highest BCUT2D eigenvalue weighted by Gasteiger charge is 2.16. The molecule has 4 heteroatoms. The number of nitrogens with one attached hydrogen (secondary N) is 1. The SMILES string of the molecule is CC(C)(C#N)CCCCOc1ccc2c(c1)NC(=O)CC2. The number of carbonyl (C=O) groups excluding carboxylic acids is 1. The van der Waals surface area contributed by atoms with E-state index in [0.29, 0.717) is 13.0 Å². The lowest BCUT2D eigenvalue weighted by atomic mass is 9.89. The third-order valence-corrected chi connectivity index (χ3v) is 3.74. The first-order valence-corrected chi connectivity index (χ1v) is 7.47. The Kier molecular flexibility index (Phi) is 4.85. The fourth-order valence-corrected chi connectivity index (χ4v) is 2.36. The van der Waals surface area contributed by atoms with Crippen LogP contribution in [0.3, 0.4) is 0 Å². The number of rotatable bonds is 6. The minimum absolute atomic E-state index is 0.0679. The fraction of sp³-hybridized carbons (Fsp3) is 0.529. The quantitative estimate of drug-likeness (QED) is 0.812. The monoisotopic (exact) mass is 286 g/mol. The zero-order valence-electron chi connectivity index (χ0n) is 12.7. The van der Waals surface area contributed by atoms with Crippen LogP contribution in [0, 0.1) is 16.7 Å². The molecular formula is C17H22N2O2. The van der Waals surface area contributed by atoms with Crippen molar-refractivity contribution < 1.29 is 9.53 Å². The van der Waals surface area contributed by atoms with Gasteiger partial charge in [-0.25, -0.2) is 0 Å². The number of nitrogens with zero attached hydrogens (tertiary/aromatic N) is 1. The van der Waals surface area contributed by atoms with Crippen LogP contribution in [0.1, 0.15) is 45.1 Å². The average Bonchev–Trinajstić information content (AvgIpc) is 2.46. The molecule has 1 amide bonds. The van der Waals surface area contributed by atoms with E-state index >= 15 is 0 Å². The van der Waals surface area contributed by atoms with Gasteiger partial charge in [-0.2, -0.15) is 5.26 Å². The summed E-state index contributed by atoms with van der Waals surface area (Å²) in [6, 6.07) is 8.17. The number of anilines is 1. The zero-order chi connectivity index (χ0) is 15.3. The van der Waals surface area contributed by atoms with E-state index < -0.39 is 0 Å². The maximum Gasteiger partial charge on any atom is 0.224 e. The standard InChI is InChI=1S/C17H22N2O2/c1-17(2,12-18)9-3-4-10-21-14-7-5-13-6-8-16(20)19-15(13)11-14/h5,7,11H,3-4,6,8-10H2,1-2H3,(H,19,20). The number of carbonyl (C=O) groups is 1. The molecule has 112 valence electrons. The van der Waals surface area contributed by atoms with Crippen molar-refractivity contribution in [2.45, 2.75) is 46.0 Å². The van der Waals surface area contributed by atoms with Crippen LogP contribution >= 0.6 is 0 Å². The second-order valence-corrected chi connectivity index (χ2v) is 6.17. The molecule has 0 saturated carbocycles. The van der Waals surface area contributed by atoms with E-state index in [4.69, 9.17) is 10.00 Å². The number of fused-ring (bicyclic) bond motifs is 1. The predicted molar refractivity (Wildman–Crippen MR) is 82.1 cm³/mol. The molecule has 0 spiro atoms. The van der Waals surface area contributed by atoms with Gasteiger partial charge in [-0.1, -0.05) is 6.07 Å². The van der Waals surface area contributed by atoms with Crippen molar-refractivity contribution >= 4 is 11.6 Å². The number of unbranched alkanes of at least 4 members (excludes halogenated alkanes) is 1. The summed E-state index contributed by atoms with van der Waals surface area (Å²) in [4.78, 5) is 11.4. The Morgan fingerprint density at radius 1 is 1.33 bits per heavy atom. The van der Waals surface area contributed by atoms with Gasteiger partial charge in [-0.05, 0) is 51.2 Å². The summed E-state index contributed by atoms with van der Waals surface area (Å²) < 4.78 is 5.72. The minimum atomic E-state index is -0.254. The Morgan fingerprint density at radius 2 is 2.14 bits per heavy atom. The molecule has 0 bridgehead atoms. The predicted octanol–water partition coefficient (Wildman–Crippen LogP) is 3.67. The molecule has 0 aliphatic carbocycles. The summed E-state index contributed by atoms with van der Waals surface area (Å²) in [5, 5.41) is 11.8. The number of hydrogen-bond donors (Lipinski definition) is 1. The largest absolute Gasteiger partial charge is 0.494 e. The highest BCUT2D eigenvalue weighted by Crippen LogP contribution is 2.27. The second-order valence-electron chi connectivity index (χ2n) is 6.17. The average molecular weight is 286 g/mol. The van der Waals surface area contributed by atoms with Crippen molar-refractivity contribution in [3.05, 3.63) is 23.8 Å². The van der Waals surface area contributed by atoms with Crippen molar-refractivity contribution in [3.8, 4) is 11.8 Å². The molecule has 4 nitrogen and oxygen atoms in total. The molecule has 0 aromatic heterocycles. The van der Waals surface area contributed by atoms with Crippen LogP contribution in [0.15, 0.2) is 18.2 Å². The van der Waals surface area contributed by atoms with Crippen LogP contribution in [0.2, 0.25) is 0 Å². The van der Waals surface area contributed by atoms with E-state index in [9.17, 15) is 4.79 Å². The van der Waals surface area contributed by atoms with E-state index in [-0.39, 0.29) is 11.3 Å². The Balaban J connectivity index is 1.78. The number of amides is 1. The van der Waals surface area contributed by atoms with Crippen LogP contribution in [-0.2, 0) is 11.2 Å². The molecule has 0 radical (unpaired) electrons. The van der Waals surface area contributed by atoms with Crippen molar-refractivity contribution in [2.24, 2.45) is 5.41 Å². The van der Waals surface area contributed by atoms with Crippen molar-refractivity contribution in [1.29, 1.82) is 5.26 Å². The van der Waals surface area contributed by atoms with Crippen molar-refractivity contribution in [1.82, 2.24) is 0 Å². The number of benzene rings is 1. The first-order chi connectivity index (χ1) is 10.00. The summed E-state index contributed by atoms with van der Waals surface area (Å²) in [6.45, 7) is 4.55. The van der Waals surface area contributed by atoms with E-state index in [1.165, 1.54) is 0 Å². The Bertz CT molecular complexity index is 558.